The Labute approximate surface area is 47.8 Å². The maximum absolute atomic E-state index is 4.83. The molecule has 6 heavy (non-hydrogen) atoms. The van der Waals surface area contributed by atoms with Crippen molar-refractivity contribution in [1.82, 2.24) is 0 Å². The predicted octanol–water partition coefficient (Wildman–Crippen LogP) is 0.452. The Hall–Kier alpha value is -0.00571. The van der Waals surface area contributed by atoms with E-state index < -0.39 is 0 Å². The third kappa shape index (κ3) is 0.732. The topological polar surface area (TPSA) is 13.1 Å². The molecule has 0 unspecified atom stereocenters. The van der Waals surface area contributed by atoms with Gasteiger partial charge in [-0.05, 0) is 0 Å². The minimum atomic E-state index is 0.968. The molecule has 0 radical (unpaired) electrons. The van der Waals surface area contributed by atoms with Crippen LogP contribution < -0.4 is 4.06 Å². The molecular weight excluding hydrogens is 112 g/mol. The van der Waals surface area contributed by atoms with Gasteiger partial charge in [0.25, 0.3) is 0 Å². The summed E-state index contributed by atoms with van der Waals surface area (Å²) in [5, 5.41) is 0. The van der Waals surface area contributed by atoms with Crippen LogP contribution in [0.2, 0.25) is 0 Å². The monoisotopic (exact) mass is 115 g/mol. The first-order valence-electron chi connectivity index (χ1n) is 1.65. The van der Waals surface area contributed by atoms with Gasteiger partial charge >= 0.3 is 47.3 Å². The van der Waals surface area contributed by atoms with Gasteiger partial charge in [-0.2, -0.15) is 0 Å². The van der Waals surface area contributed by atoms with Gasteiger partial charge in [-0.3, -0.25) is 0 Å². The fraction of sp³-hybridized carbons (Fsp3) is 0. The SMILES string of the molecule is [Ti][c]1ccco1. The summed E-state index contributed by atoms with van der Waals surface area (Å²) in [5.41, 5.74) is 0. The van der Waals surface area contributed by atoms with Crippen LogP contribution >= 0.6 is 0 Å². The van der Waals surface area contributed by atoms with E-state index in [1.807, 2.05) is 32.6 Å². The van der Waals surface area contributed by atoms with Crippen molar-refractivity contribution in [2.24, 2.45) is 0 Å². The molecule has 0 bridgehead atoms. The summed E-state index contributed by atoms with van der Waals surface area (Å²) in [6.45, 7) is 0. The first-order valence-corrected chi connectivity index (χ1v) is 2.43. The van der Waals surface area contributed by atoms with E-state index in [0.29, 0.717) is 0 Å². The summed E-state index contributed by atoms with van der Waals surface area (Å²) in [6.07, 6.45) is 1.66. The standard InChI is InChI=1S/C4H3O.Ti/c1-2-4-5-3-1;/h1-3H;. The Kier molecular flexibility index (Phi) is 1.13. The summed E-state index contributed by atoms with van der Waals surface area (Å²) in [5.74, 6) is 0. The van der Waals surface area contributed by atoms with Crippen LogP contribution in [-0.4, -0.2) is 0 Å². The molecule has 1 aromatic heterocycles. The molecule has 0 amide bonds. The molecule has 0 saturated heterocycles. The Balaban J connectivity index is 3.05. The van der Waals surface area contributed by atoms with E-state index in [4.69, 9.17) is 4.42 Å². The van der Waals surface area contributed by atoms with Crippen molar-refractivity contribution in [2.75, 3.05) is 0 Å². The Bertz CT molecular complexity index is 111. The minimum absolute atomic E-state index is 0.968. The van der Waals surface area contributed by atoms with Crippen LogP contribution in [0, 0.1) is 0 Å². The quantitative estimate of drug-likeness (QED) is 0.447. The number of furan rings is 1. The number of rotatable bonds is 0. The fourth-order valence-corrected chi connectivity index (χ4v) is 0.535. The van der Waals surface area contributed by atoms with Crippen LogP contribution in [0.3, 0.4) is 0 Å². The van der Waals surface area contributed by atoms with Crippen molar-refractivity contribution in [2.45, 2.75) is 0 Å². The zero-order valence-corrected chi connectivity index (χ0v) is 4.70. The van der Waals surface area contributed by atoms with Crippen molar-refractivity contribution in [1.29, 1.82) is 0 Å². The molecule has 0 N–H and O–H groups in total. The second kappa shape index (κ2) is 1.63. The molecule has 1 aromatic rings. The van der Waals surface area contributed by atoms with E-state index in [9.17, 15) is 0 Å². The maximum atomic E-state index is 4.83. The second-order valence-electron chi connectivity index (χ2n) is 0.977. The molecule has 0 aliphatic carbocycles. The van der Waals surface area contributed by atoms with Crippen molar-refractivity contribution in [3.8, 4) is 0 Å². The van der Waals surface area contributed by atoms with E-state index in [-0.39, 0.29) is 0 Å². The molecule has 0 saturated carbocycles. The Morgan fingerprint density at radius 1 is 1.67 bits per heavy atom. The van der Waals surface area contributed by atoms with Gasteiger partial charge < -0.3 is 0 Å². The average Bonchev–Trinajstić information content (AvgIpc) is 1.86. The van der Waals surface area contributed by atoms with E-state index in [0.717, 1.165) is 4.06 Å². The zero-order chi connectivity index (χ0) is 4.41. The van der Waals surface area contributed by atoms with Crippen LogP contribution in [-0.2, 0) is 20.4 Å². The third-order valence-corrected chi connectivity index (χ3v) is 0.965. The average molecular weight is 115 g/mol. The van der Waals surface area contributed by atoms with E-state index in [2.05, 4.69) is 0 Å². The molecule has 1 nitrogen and oxygen atoms in total. The summed E-state index contributed by atoms with van der Waals surface area (Å²) < 4.78 is 5.80. The summed E-state index contributed by atoms with van der Waals surface area (Å²) in [4.78, 5) is 0. The molecule has 0 aromatic carbocycles. The van der Waals surface area contributed by atoms with Gasteiger partial charge in [0.15, 0.2) is 0 Å². The third-order valence-electron chi connectivity index (χ3n) is 0.521. The van der Waals surface area contributed by atoms with Gasteiger partial charge in [0.05, 0.1) is 0 Å². The van der Waals surface area contributed by atoms with Gasteiger partial charge in [0.2, 0.25) is 0 Å². The molecule has 0 atom stereocenters. The van der Waals surface area contributed by atoms with E-state index >= 15 is 0 Å². The Morgan fingerprint density at radius 3 is 2.67 bits per heavy atom. The molecule has 29 valence electrons. The number of hydrogen-bond donors (Lipinski definition) is 0. The first-order chi connectivity index (χ1) is 2.89. The second-order valence-corrected chi connectivity index (χ2v) is 1.75. The van der Waals surface area contributed by atoms with Crippen LogP contribution in [0.25, 0.3) is 0 Å². The molecule has 0 aliphatic heterocycles. The van der Waals surface area contributed by atoms with Crippen molar-refractivity contribution >= 4 is 4.06 Å². The van der Waals surface area contributed by atoms with Crippen LogP contribution in [0.15, 0.2) is 22.8 Å². The Morgan fingerprint density at radius 2 is 2.50 bits per heavy atom. The van der Waals surface area contributed by atoms with Crippen LogP contribution in [0.5, 0.6) is 0 Å². The van der Waals surface area contributed by atoms with Gasteiger partial charge in [0.1, 0.15) is 0 Å². The van der Waals surface area contributed by atoms with E-state index in [1.165, 1.54) is 0 Å². The molecule has 0 aliphatic rings. The first kappa shape index (κ1) is 4.16. The van der Waals surface area contributed by atoms with Crippen molar-refractivity contribution in [3.63, 3.8) is 0 Å². The number of hydrogen-bond acceptors (Lipinski definition) is 1. The van der Waals surface area contributed by atoms with Gasteiger partial charge in [0, 0.05) is 0 Å². The van der Waals surface area contributed by atoms with Crippen molar-refractivity contribution in [3.05, 3.63) is 18.4 Å². The fourth-order valence-electron chi connectivity index (χ4n) is 0.279. The molecule has 1 rings (SSSR count). The van der Waals surface area contributed by atoms with Crippen LogP contribution in [0.4, 0.5) is 0 Å². The molecule has 0 fully saturated rings. The summed E-state index contributed by atoms with van der Waals surface area (Å²) >= 11 is 1.92. The molecule has 1 heterocycles. The predicted molar refractivity (Wildman–Crippen MR) is 18.3 cm³/mol. The molecule has 0 spiro atoms. The normalized spacial score (nSPS) is 8.50. The molecule has 2 heteroatoms. The van der Waals surface area contributed by atoms with Gasteiger partial charge in [-0.1, -0.05) is 0 Å². The van der Waals surface area contributed by atoms with Gasteiger partial charge in [-0.15, -0.1) is 0 Å². The van der Waals surface area contributed by atoms with Crippen LogP contribution in [0.1, 0.15) is 0 Å². The summed E-state index contributed by atoms with van der Waals surface area (Å²) in [6, 6.07) is 3.79. The van der Waals surface area contributed by atoms with Crippen molar-refractivity contribution < 1.29 is 24.9 Å². The summed E-state index contributed by atoms with van der Waals surface area (Å²) in [7, 11) is 0. The van der Waals surface area contributed by atoms with Gasteiger partial charge in [-0.25, -0.2) is 0 Å². The molecular formula is C4H3OTi. The van der Waals surface area contributed by atoms with E-state index in [1.54, 1.807) is 6.26 Å². The zero-order valence-electron chi connectivity index (χ0n) is 3.14.